The lowest BCUT2D eigenvalue weighted by molar-refractivity contribution is 0.539. The monoisotopic (exact) mass is 305 g/mol. The third-order valence-corrected chi connectivity index (χ3v) is 4.51. The molecule has 7 heteroatoms. The highest BCUT2D eigenvalue weighted by Crippen LogP contribution is 2.24. The third kappa shape index (κ3) is 2.00. The van der Waals surface area contributed by atoms with Crippen LogP contribution < -0.4 is 4.74 Å². The van der Waals surface area contributed by atoms with Gasteiger partial charge in [-0.25, -0.2) is 17.8 Å². The van der Waals surface area contributed by atoms with E-state index in [2.05, 4.69) is 20.9 Å². The summed E-state index contributed by atoms with van der Waals surface area (Å²) in [6.07, 6.45) is 1.12. The molecule has 0 amide bonds. The van der Waals surface area contributed by atoms with Gasteiger partial charge < -0.3 is 4.74 Å². The van der Waals surface area contributed by atoms with Gasteiger partial charge in [-0.15, -0.1) is 0 Å². The zero-order valence-electron chi connectivity index (χ0n) is 7.72. The van der Waals surface area contributed by atoms with Crippen molar-refractivity contribution in [1.29, 1.82) is 0 Å². The molecule has 0 saturated heterocycles. The Balaban J connectivity index is 2.26. The van der Waals surface area contributed by atoms with E-state index in [1.54, 1.807) is 0 Å². The van der Waals surface area contributed by atoms with E-state index >= 15 is 0 Å². The maximum Gasteiger partial charge on any atom is 0.320 e. The van der Waals surface area contributed by atoms with Gasteiger partial charge in [-0.2, -0.15) is 0 Å². The zero-order valence-corrected chi connectivity index (χ0v) is 10.1. The minimum atomic E-state index is -3.69. The number of halogens is 2. The van der Waals surface area contributed by atoms with Gasteiger partial charge in [0, 0.05) is 6.07 Å². The molecule has 0 aliphatic carbocycles. The smallest absolute Gasteiger partial charge is 0.320 e. The largest absolute Gasteiger partial charge is 0.430 e. The molecule has 0 saturated carbocycles. The maximum absolute atomic E-state index is 12.8. The Hall–Kier alpha value is -1.21. The summed E-state index contributed by atoms with van der Waals surface area (Å²) in [6.45, 7) is 0. The molecule has 1 heterocycles. The third-order valence-electron chi connectivity index (χ3n) is 1.76. The van der Waals surface area contributed by atoms with Crippen LogP contribution in [-0.2, 0) is 9.84 Å². The zero-order chi connectivity index (χ0) is 11.8. The molecule has 84 valence electrons. The highest BCUT2D eigenvalue weighted by atomic mass is 79.9. The Bertz CT molecular complexity index is 595. The van der Waals surface area contributed by atoms with Gasteiger partial charge in [-0.3, -0.25) is 0 Å². The van der Waals surface area contributed by atoms with Gasteiger partial charge in [-0.05, 0) is 28.1 Å². The number of aliphatic imine (C=N–C) groups is 1. The van der Waals surface area contributed by atoms with E-state index in [0.29, 0.717) is 0 Å². The molecule has 0 aromatic heterocycles. The number of hydrogen-bond acceptors (Lipinski definition) is 4. The van der Waals surface area contributed by atoms with E-state index in [1.807, 2.05) is 0 Å². The number of rotatable bonds is 1. The van der Waals surface area contributed by atoms with Crippen LogP contribution in [0.4, 0.5) is 4.39 Å². The number of hydrogen-bond donors (Lipinski definition) is 0. The summed E-state index contributed by atoms with van der Waals surface area (Å²) in [6, 6.07) is 5.15. The summed E-state index contributed by atoms with van der Waals surface area (Å²) in [7, 11) is -3.69. The molecule has 2 rings (SSSR count). The molecule has 1 aliphatic heterocycles. The first-order valence-corrected chi connectivity index (χ1v) is 6.40. The highest BCUT2D eigenvalue weighted by Gasteiger charge is 2.30. The lowest BCUT2D eigenvalue weighted by atomic mass is 10.3. The predicted octanol–water partition coefficient (Wildman–Crippen LogP) is 2.18. The quantitative estimate of drug-likeness (QED) is 0.799. The number of nitrogens with zero attached hydrogens (tertiary/aromatic N) is 1. The molecule has 1 aromatic rings. The topological polar surface area (TPSA) is 55.7 Å². The lowest BCUT2D eigenvalue weighted by Crippen LogP contribution is -2.17. The summed E-state index contributed by atoms with van der Waals surface area (Å²) >= 11 is 2.83. The fourth-order valence-electron chi connectivity index (χ4n) is 1.04. The van der Waals surface area contributed by atoms with E-state index in [-0.39, 0.29) is 9.56 Å². The molecular weight excluding hydrogens is 301 g/mol. The van der Waals surface area contributed by atoms with Crippen molar-refractivity contribution < 1.29 is 17.5 Å². The van der Waals surface area contributed by atoms with Crippen LogP contribution in [0.15, 0.2) is 39.3 Å². The first-order valence-electron chi connectivity index (χ1n) is 4.12. The molecule has 4 nitrogen and oxygen atoms in total. The summed E-state index contributed by atoms with van der Waals surface area (Å²) in [5.41, 5.74) is 0. The average molecular weight is 306 g/mol. The Morgan fingerprint density at radius 2 is 2.12 bits per heavy atom. The standard InChI is InChI=1S/C9H5BrFNO3S/c10-8-5-12-9(16(8,13)14)15-7-3-1-2-6(11)4-7/h1-5H. The number of sulfone groups is 1. The minimum absolute atomic E-state index is 0.0774. The fourth-order valence-corrected chi connectivity index (χ4v) is 2.31. The van der Waals surface area contributed by atoms with Crippen LogP contribution in [0.2, 0.25) is 0 Å². The summed E-state index contributed by atoms with van der Waals surface area (Å²) in [5.74, 6) is -0.432. The van der Waals surface area contributed by atoms with Gasteiger partial charge in [0.1, 0.15) is 15.4 Å². The van der Waals surface area contributed by atoms with Crippen LogP contribution in [0.5, 0.6) is 5.75 Å². The summed E-state index contributed by atoms with van der Waals surface area (Å²) in [4.78, 5) is 3.57. The highest BCUT2D eigenvalue weighted by molar-refractivity contribution is 9.14. The predicted molar refractivity (Wildman–Crippen MR) is 60.4 cm³/mol. The van der Waals surface area contributed by atoms with E-state index in [1.165, 1.54) is 18.2 Å². The molecule has 0 bridgehead atoms. The van der Waals surface area contributed by atoms with E-state index < -0.39 is 20.9 Å². The van der Waals surface area contributed by atoms with E-state index in [0.717, 1.165) is 12.3 Å². The first kappa shape index (κ1) is 11.3. The second-order valence-electron chi connectivity index (χ2n) is 2.89. The average Bonchev–Trinajstić information content (AvgIpc) is 2.45. The Labute approximate surface area is 99.5 Å². The van der Waals surface area contributed by atoms with Crippen molar-refractivity contribution >= 4 is 31.0 Å². The maximum atomic E-state index is 12.8. The molecule has 0 unspecified atom stereocenters. The summed E-state index contributed by atoms with van der Waals surface area (Å²) < 4.78 is 40.8. The molecule has 0 N–H and O–H groups in total. The van der Waals surface area contributed by atoms with E-state index in [9.17, 15) is 12.8 Å². The molecule has 16 heavy (non-hydrogen) atoms. The van der Waals surface area contributed by atoms with Gasteiger partial charge in [0.25, 0.3) is 9.84 Å². The van der Waals surface area contributed by atoms with Crippen LogP contribution in [0.1, 0.15) is 0 Å². The molecule has 0 spiro atoms. The van der Waals surface area contributed by atoms with Gasteiger partial charge in [0.05, 0.1) is 6.20 Å². The molecule has 1 aromatic carbocycles. The van der Waals surface area contributed by atoms with Crippen LogP contribution in [0.25, 0.3) is 0 Å². The molecule has 0 radical (unpaired) electrons. The Morgan fingerprint density at radius 3 is 2.69 bits per heavy atom. The van der Waals surface area contributed by atoms with Crippen molar-refractivity contribution in [3.05, 3.63) is 40.1 Å². The van der Waals surface area contributed by atoms with Gasteiger partial charge in [-0.1, -0.05) is 6.07 Å². The lowest BCUT2D eigenvalue weighted by Gasteiger charge is -2.04. The van der Waals surface area contributed by atoms with Crippen molar-refractivity contribution in [2.45, 2.75) is 0 Å². The van der Waals surface area contributed by atoms with Crippen LogP contribution in [0.3, 0.4) is 0 Å². The molecule has 0 fully saturated rings. The summed E-state index contributed by atoms with van der Waals surface area (Å²) in [5, 5.41) is -0.468. The van der Waals surface area contributed by atoms with Crippen LogP contribution in [0, 0.1) is 5.82 Å². The van der Waals surface area contributed by atoms with Crippen LogP contribution in [-0.4, -0.2) is 13.6 Å². The van der Waals surface area contributed by atoms with Crippen LogP contribution >= 0.6 is 15.9 Å². The molecule has 1 aliphatic rings. The van der Waals surface area contributed by atoms with E-state index in [4.69, 9.17) is 4.74 Å². The van der Waals surface area contributed by atoms with Crippen molar-refractivity contribution in [3.8, 4) is 5.75 Å². The van der Waals surface area contributed by atoms with Gasteiger partial charge in [0.15, 0.2) is 0 Å². The Kier molecular flexibility index (Phi) is 2.81. The minimum Gasteiger partial charge on any atom is -0.430 e. The fraction of sp³-hybridized carbons (Fsp3) is 0. The Morgan fingerprint density at radius 1 is 1.38 bits per heavy atom. The van der Waals surface area contributed by atoms with Gasteiger partial charge in [0.2, 0.25) is 0 Å². The number of benzene rings is 1. The molecular formula is C9H5BrFNO3S. The van der Waals surface area contributed by atoms with Crippen molar-refractivity contribution in [2.75, 3.05) is 0 Å². The first-order chi connectivity index (χ1) is 7.50. The molecule has 0 atom stereocenters. The van der Waals surface area contributed by atoms with Gasteiger partial charge >= 0.3 is 5.23 Å². The second kappa shape index (κ2) is 3.99. The van der Waals surface area contributed by atoms with Crippen molar-refractivity contribution in [3.63, 3.8) is 0 Å². The van der Waals surface area contributed by atoms with Crippen molar-refractivity contribution in [2.24, 2.45) is 4.99 Å². The second-order valence-corrected chi connectivity index (χ2v) is 6.07. The SMILES string of the molecule is O=S1(=O)C(Br)=CN=C1Oc1cccc(F)c1. The number of ether oxygens (including phenoxy) is 1. The normalized spacial score (nSPS) is 17.9. The van der Waals surface area contributed by atoms with Crippen molar-refractivity contribution in [1.82, 2.24) is 0 Å².